The van der Waals surface area contributed by atoms with Gasteiger partial charge in [-0.1, -0.05) is 0 Å². The van der Waals surface area contributed by atoms with E-state index in [0.29, 0.717) is 17.9 Å². The maximum absolute atomic E-state index is 14.1. The third-order valence-corrected chi connectivity index (χ3v) is 5.37. The molecule has 0 spiro atoms. The summed E-state index contributed by atoms with van der Waals surface area (Å²) in [7, 11) is 0. The number of aliphatic hydroxyl groups excluding tert-OH is 1. The highest BCUT2D eigenvalue weighted by atomic mass is 19.1. The van der Waals surface area contributed by atoms with Crippen molar-refractivity contribution < 1.29 is 14.2 Å². The van der Waals surface area contributed by atoms with E-state index in [9.17, 15) is 9.50 Å². The molecule has 162 valence electrons. The summed E-state index contributed by atoms with van der Waals surface area (Å²) in [5.74, 6) is 0.0203. The van der Waals surface area contributed by atoms with Crippen LogP contribution in [0.25, 0.3) is 11.1 Å². The molecule has 3 aromatic rings. The SMILES string of the molecule is Cc1cncc(-c2cc(F)cc(OCC(O)CN3CCN(c4cccnc4)CC3)c2)c1. The van der Waals surface area contributed by atoms with Gasteiger partial charge in [-0.15, -0.1) is 0 Å². The average Bonchev–Trinajstić information content (AvgIpc) is 2.78. The number of β-amino-alcohol motifs (C(OH)–C–C–N with tert-alkyl or cyclic N) is 1. The summed E-state index contributed by atoms with van der Waals surface area (Å²) in [6.45, 7) is 6.06. The highest BCUT2D eigenvalue weighted by molar-refractivity contribution is 5.64. The molecular weight excluding hydrogens is 395 g/mol. The summed E-state index contributed by atoms with van der Waals surface area (Å²) in [5, 5.41) is 10.4. The molecule has 0 bridgehead atoms. The summed E-state index contributed by atoms with van der Waals surface area (Å²) in [6, 6.07) is 10.5. The van der Waals surface area contributed by atoms with Crippen LogP contribution in [0.15, 0.2) is 61.2 Å². The zero-order valence-corrected chi connectivity index (χ0v) is 17.6. The molecule has 0 radical (unpaired) electrons. The number of aliphatic hydroxyl groups is 1. The first-order valence-electron chi connectivity index (χ1n) is 10.5. The molecule has 0 aliphatic carbocycles. The second-order valence-corrected chi connectivity index (χ2v) is 7.89. The Morgan fingerprint density at radius 3 is 2.61 bits per heavy atom. The highest BCUT2D eigenvalue weighted by Crippen LogP contribution is 2.26. The van der Waals surface area contributed by atoms with Gasteiger partial charge in [0.15, 0.2) is 0 Å². The molecule has 1 atom stereocenters. The van der Waals surface area contributed by atoms with Crippen LogP contribution in [0.2, 0.25) is 0 Å². The fourth-order valence-electron chi connectivity index (χ4n) is 3.80. The summed E-state index contributed by atoms with van der Waals surface area (Å²) in [6.07, 6.45) is 6.45. The van der Waals surface area contributed by atoms with Gasteiger partial charge in [0.25, 0.3) is 0 Å². The van der Waals surface area contributed by atoms with E-state index in [1.807, 2.05) is 25.3 Å². The molecule has 1 unspecified atom stereocenters. The van der Waals surface area contributed by atoms with E-state index in [0.717, 1.165) is 43.0 Å². The van der Waals surface area contributed by atoms with E-state index in [4.69, 9.17) is 4.74 Å². The van der Waals surface area contributed by atoms with Gasteiger partial charge in [-0.3, -0.25) is 14.9 Å². The Labute approximate surface area is 181 Å². The third-order valence-electron chi connectivity index (χ3n) is 5.37. The minimum atomic E-state index is -0.655. The van der Waals surface area contributed by atoms with E-state index in [1.54, 1.807) is 24.7 Å². The Morgan fingerprint density at radius 2 is 1.87 bits per heavy atom. The zero-order chi connectivity index (χ0) is 21.6. The molecule has 1 fully saturated rings. The van der Waals surface area contributed by atoms with E-state index in [-0.39, 0.29) is 12.4 Å². The standard InChI is InChI=1S/C24H27FN4O2/c1-18-9-20(14-27-13-18)19-10-21(25)12-24(11-19)31-17-23(30)16-28-5-7-29(8-6-28)22-3-2-4-26-15-22/h2-4,9-15,23,30H,5-8,16-17H2,1H3. The second-order valence-electron chi connectivity index (χ2n) is 7.89. The lowest BCUT2D eigenvalue weighted by Gasteiger charge is -2.36. The topological polar surface area (TPSA) is 61.7 Å². The summed E-state index contributed by atoms with van der Waals surface area (Å²) in [5.41, 5.74) is 3.66. The van der Waals surface area contributed by atoms with Crippen LogP contribution in [-0.4, -0.2) is 65.4 Å². The lowest BCUT2D eigenvalue weighted by molar-refractivity contribution is 0.0662. The van der Waals surface area contributed by atoms with Gasteiger partial charge in [-0.05, 0) is 48.4 Å². The molecule has 3 heterocycles. The minimum absolute atomic E-state index is 0.109. The highest BCUT2D eigenvalue weighted by Gasteiger charge is 2.20. The van der Waals surface area contributed by atoms with Gasteiger partial charge >= 0.3 is 0 Å². The van der Waals surface area contributed by atoms with Gasteiger partial charge in [-0.25, -0.2) is 4.39 Å². The number of anilines is 1. The first-order valence-corrected chi connectivity index (χ1v) is 10.5. The van der Waals surface area contributed by atoms with Gasteiger partial charge in [0.1, 0.15) is 24.3 Å². The maximum atomic E-state index is 14.1. The van der Waals surface area contributed by atoms with Gasteiger partial charge in [0, 0.05) is 62.9 Å². The second kappa shape index (κ2) is 9.85. The van der Waals surface area contributed by atoms with Crippen LogP contribution in [0.1, 0.15) is 5.56 Å². The van der Waals surface area contributed by atoms with Crippen molar-refractivity contribution in [3.05, 3.63) is 72.6 Å². The molecule has 0 amide bonds. The number of aromatic nitrogens is 2. The number of piperazine rings is 1. The van der Waals surface area contributed by atoms with Crippen LogP contribution in [0.4, 0.5) is 10.1 Å². The van der Waals surface area contributed by atoms with Crippen LogP contribution in [0.3, 0.4) is 0 Å². The van der Waals surface area contributed by atoms with Crippen molar-refractivity contribution >= 4 is 5.69 Å². The quantitative estimate of drug-likeness (QED) is 0.631. The predicted molar refractivity (Wildman–Crippen MR) is 119 cm³/mol. The fraction of sp³-hybridized carbons (Fsp3) is 0.333. The zero-order valence-electron chi connectivity index (χ0n) is 17.6. The molecule has 2 aromatic heterocycles. The number of rotatable bonds is 7. The summed E-state index contributed by atoms with van der Waals surface area (Å²) < 4.78 is 19.8. The van der Waals surface area contributed by atoms with E-state index < -0.39 is 6.10 Å². The fourth-order valence-corrected chi connectivity index (χ4v) is 3.80. The van der Waals surface area contributed by atoms with Gasteiger partial charge in [0.2, 0.25) is 0 Å². The largest absolute Gasteiger partial charge is 0.491 e. The molecule has 4 rings (SSSR count). The lowest BCUT2D eigenvalue weighted by atomic mass is 10.1. The van der Waals surface area contributed by atoms with Crippen molar-refractivity contribution in [2.75, 3.05) is 44.2 Å². The first-order chi connectivity index (χ1) is 15.1. The number of hydrogen-bond donors (Lipinski definition) is 1. The summed E-state index contributed by atoms with van der Waals surface area (Å²) >= 11 is 0. The van der Waals surface area contributed by atoms with Crippen molar-refractivity contribution in [3.8, 4) is 16.9 Å². The first kappa shape index (κ1) is 21.2. The van der Waals surface area contributed by atoms with Crippen LogP contribution < -0.4 is 9.64 Å². The van der Waals surface area contributed by atoms with Gasteiger partial charge < -0.3 is 14.7 Å². The number of aryl methyl sites for hydroxylation is 1. The minimum Gasteiger partial charge on any atom is -0.491 e. The van der Waals surface area contributed by atoms with Gasteiger partial charge in [-0.2, -0.15) is 0 Å². The maximum Gasteiger partial charge on any atom is 0.127 e. The molecule has 31 heavy (non-hydrogen) atoms. The molecule has 6 nitrogen and oxygen atoms in total. The Bertz CT molecular complexity index is 994. The Balaban J connectivity index is 1.29. The summed E-state index contributed by atoms with van der Waals surface area (Å²) in [4.78, 5) is 12.9. The van der Waals surface area contributed by atoms with Crippen molar-refractivity contribution in [3.63, 3.8) is 0 Å². The number of hydrogen-bond acceptors (Lipinski definition) is 6. The molecule has 7 heteroatoms. The number of pyridine rings is 2. The molecule has 1 saturated heterocycles. The Hall–Kier alpha value is -3.03. The Morgan fingerprint density at radius 1 is 1.03 bits per heavy atom. The van der Waals surface area contributed by atoms with Crippen LogP contribution in [0.5, 0.6) is 5.75 Å². The number of benzene rings is 1. The van der Waals surface area contributed by atoms with Crippen molar-refractivity contribution in [1.29, 1.82) is 0 Å². The van der Waals surface area contributed by atoms with Crippen molar-refractivity contribution in [2.45, 2.75) is 13.0 Å². The van der Waals surface area contributed by atoms with E-state index >= 15 is 0 Å². The van der Waals surface area contributed by atoms with Crippen LogP contribution >= 0.6 is 0 Å². The monoisotopic (exact) mass is 422 g/mol. The Kier molecular flexibility index (Phi) is 6.74. The predicted octanol–water partition coefficient (Wildman–Crippen LogP) is 3.15. The van der Waals surface area contributed by atoms with Crippen LogP contribution in [-0.2, 0) is 0 Å². The molecule has 0 saturated carbocycles. The van der Waals surface area contributed by atoms with E-state index in [1.165, 1.54) is 12.1 Å². The number of nitrogens with zero attached hydrogens (tertiary/aromatic N) is 4. The number of halogens is 1. The smallest absolute Gasteiger partial charge is 0.127 e. The molecular formula is C24H27FN4O2. The normalized spacial score (nSPS) is 15.6. The van der Waals surface area contributed by atoms with Crippen molar-refractivity contribution in [2.24, 2.45) is 0 Å². The molecule has 1 aromatic carbocycles. The molecule has 1 aliphatic heterocycles. The van der Waals surface area contributed by atoms with E-state index in [2.05, 4.69) is 25.8 Å². The third kappa shape index (κ3) is 5.77. The van der Waals surface area contributed by atoms with Crippen LogP contribution in [0, 0.1) is 12.7 Å². The van der Waals surface area contributed by atoms with Gasteiger partial charge in [0.05, 0.1) is 11.9 Å². The number of ether oxygens (including phenoxy) is 1. The van der Waals surface area contributed by atoms with Crippen molar-refractivity contribution in [1.82, 2.24) is 14.9 Å². The lowest BCUT2D eigenvalue weighted by Crippen LogP contribution is -2.49. The average molecular weight is 423 g/mol. The molecule has 1 N–H and O–H groups in total. The molecule has 1 aliphatic rings.